The molecule has 0 radical (unpaired) electrons. The van der Waals surface area contributed by atoms with Crippen molar-refractivity contribution in [2.75, 3.05) is 12.8 Å². The van der Waals surface area contributed by atoms with Gasteiger partial charge in [0.05, 0.1) is 12.7 Å². The van der Waals surface area contributed by atoms with Gasteiger partial charge in [-0.25, -0.2) is 9.18 Å². The van der Waals surface area contributed by atoms with Crippen LogP contribution in [0.4, 0.5) is 10.1 Å². The number of carbonyl (C=O) groups is 1. The van der Waals surface area contributed by atoms with Crippen molar-refractivity contribution in [2.24, 2.45) is 0 Å². The van der Waals surface area contributed by atoms with Crippen molar-refractivity contribution in [3.8, 4) is 11.1 Å². The van der Waals surface area contributed by atoms with Crippen LogP contribution < -0.4 is 5.73 Å². The number of halogens is 1. The summed E-state index contributed by atoms with van der Waals surface area (Å²) < 4.78 is 18.0. The number of methoxy groups -OCH3 is 1. The van der Waals surface area contributed by atoms with Gasteiger partial charge < -0.3 is 10.5 Å². The van der Waals surface area contributed by atoms with Gasteiger partial charge in [0.25, 0.3) is 0 Å². The molecular weight excluding hydrogens is 245 g/mol. The average Bonchev–Trinajstić information content (AvgIpc) is 2.40. The van der Waals surface area contributed by atoms with Gasteiger partial charge in [-0.1, -0.05) is 12.1 Å². The maximum absolute atomic E-state index is 13.2. The molecule has 0 aliphatic heterocycles. The molecule has 2 rings (SSSR count). The predicted octanol–water partition coefficient (Wildman–Crippen LogP) is 3.17. The van der Waals surface area contributed by atoms with Gasteiger partial charge in [-0.15, -0.1) is 0 Å². The zero-order chi connectivity index (χ0) is 14.0. The van der Waals surface area contributed by atoms with Crippen LogP contribution in [-0.4, -0.2) is 13.1 Å². The molecule has 0 aliphatic carbocycles. The Kier molecular flexibility index (Phi) is 3.51. The summed E-state index contributed by atoms with van der Waals surface area (Å²) >= 11 is 0. The third kappa shape index (κ3) is 2.57. The Labute approximate surface area is 110 Å². The van der Waals surface area contributed by atoms with Gasteiger partial charge in [-0.2, -0.15) is 0 Å². The number of nitrogen functional groups attached to an aromatic ring is 1. The van der Waals surface area contributed by atoms with E-state index in [0.717, 1.165) is 0 Å². The number of carbonyl (C=O) groups excluding carboxylic acids is 1. The van der Waals surface area contributed by atoms with E-state index in [0.29, 0.717) is 27.9 Å². The Hall–Kier alpha value is -2.36. The van der Waals surface area contributed by atoms with E-state index in [4.69, 9.17) is 10.5 Å². The lowest BCUT2D eigenvalue weighted by atomic mass is 9.98. The molecule has 0 saturated heterocycles. The molecule has 98 valence electrons. The number of esters is 1. The topological polar surface area (TPSA) is 52.3 Å². The van der Waals surface area contributed by atoms with Gasteiger partial charge >= 0.3 is 5.97 Å². The van der Waals surface area contributed by atoms with E-state index in [1.807, 2.05) is 0 Å². The first-order chi connectivity index (χ1) is 9.02. The molecule has 0 fully saturated rings. The highest BCUT2D eigenvalue weighted by atomic mass is 19.1. The van der Waals surface area contributed by atoms with Crippen LogP contribution in [0.3, 0.4) is 0 Å². The molecule has 0 amide bonds. The van der Waals surface area contributed by atoms with Crippen molar-refractivity contribution < 1.29 is 13.9 Å². The van der Waals surface area contributed by atoms with Crippen molar-refractivity contribution >= 4 is 11.7 Å². The molecule has 0 aromatic heterocycles. The number of hydrogen-bond acceptors (Lipinski definition) is 3. The second-order valence-electron chi connectivity index (χ2n) is 4.24. The van der Waals surface area contributed by atoms with Crippen LogP contribution in [0.2, 0.25) is 0 Å². The largest absolute Gasteiger partial charge is 0.465 e. The van der Waals surface area contributed by atoms with Gasteiger partial charge in [0.15, 0.2) is 0 Å². The molecule has 2 N–H and O–H groups in total. The summed E-state index contributed by atoms with van der Waals surface area (Å²) in [4.78, 5) is 11.7. The molecule has 0 spiro atoms. The van der Waals surface area contributed by atoms with Crippen molar-refractivity contribution in [1.82, 2.24) is 0 Å². The van der Waals surface area contributed by atoms with E-state index in [-0.39, 0.29) is 5.82 Å². The fourth-order valence-corrected chi connectivity index (χ4v) is 1.89. The lowest BCUT2D eigenvalue weighted by Gasteiger charge is -2.10. The molecule has 0 heterocycles. The summed E-state index contributed by atoms with van der Waals surface area (Å²) in [6.45, 7) is 1.75. The number of hydrogen-bond donors (Lipinski definition) is 1. The number of rotatable bonds is 2. The molecule has 3 nitrogen and oxygen atoms in total. The predicted molar refractivity (Wildman–Crippen MR) is 72.3 cm³/mol. The fourth-order valence-electron chi connectivity index (χ4n) is 1.89. The molecule has 2 aromatic rings. The van der Waals surface area contributed by atoms with Crippen molar-refractivity contribution in [3.63, 3.8) is 0 Å². The smallest absolute Gasteiger partial charge is 0.338 e. The maximum Gasteiger partial charge on any atom is 0.338 e. The number of ether oxygens (including phenoxy) is 1. The van der Waals surface area contributed by atoms with E-state index in [9.17, 15) is 9.18 Å². The highest BCUT2D eigenvalue weighted by Gasteiger charge is 2.14. The van der Waals surface area contributed by atoms with Gasteiger partial charge in [0.2, 0.25) is 0 Å². The summed E-state index contributed by atoms with van der Waals surface area (Å²) in [5, 5.41) is 0. The molecule has 0 aliphatic rings. The first-order valence-corrected chi connectivity index (χ1v) is 5.77. The second-order valence-corrected chi connectivity index (χ2v) is 4.24. The number of anilines is 1. The molecular formula is C15H14FNO2. The second kappa shape index (κ2) is 5.10. The Balaban J connectivity index is 2.60. The van der Waals surface area contributed by atoms with E-state index >= 15 is 0 Å². The van der Waals surface area contributed by atoms with Crippen LogP contribution in [-0.2, 0) is 4.74 Å². The third-order valence-electron chi connectivity index (χ3n) is 3.01. The van der Waals surface area contributed by atoms with Crippen LogP contribution in [0.1, 0.15) is 15.9 Å². The standard InChI is InChI=1S/C15H14FNO2/c1-9-13(15(18)19-2)7-11(8-14(9)17)10-4-3-5-12(16)6-10/h3-8H,17H2,1-2H3. The van der Waals surface area contributed by atoms with Crippen LogP contribution in [0, 0.1) is 12.7 Å². The SMILES string of the molecule is COC(=O)c1cc(-c2cccc(F)c2)cc(N)c1C. The van der Waals surface area contributed by atoms with Gasteiger partial charge in [0, 0.05) is 5.69 Å². The molecule has 0 bridgehead atoms. The van der Waals surface area contributed by atoms with E-state index < -0.39 is 5.97 Å². The van der Waals surface area contributed by atoms with Crippen molar-refractivity contribution in [1.29, 1.82) is 0 Å². The third-order valence-corrected chi connectivity index (χ3v) is 3.01. The minimum absolute atomic E-state index is 0.337. The van der Waals surface area contributed by atoms with Crippen molar-refractivity contribution in [2.45, 2.75) is 6.92 Å². The first kappa shape index (κ1) is 13.1. The quantitative estimate of drug-likeness (QED) is 0.665. The Morgan fingerprint density at radius 1 is 1.21 bits per heavy atom. The van der Waals surface area contributed by atoms with Crippen LogP contribution in [0.15, 0.2) is 36.4 Å². The number of benzene rings is 2. The molecule has 0 saturated carbocycles. The van der Waals surface area contributed by atoms with Gasteiger partial charge in [-0.05, 0) is 47.9 Å². The average molecular weight is 259 g/mol. The normalized spacial score (nSPS) is 10.3. The molecule has 2 aromatic carbocycles. The zero-order valence-electron chi connectivity index (χ0n) is 10.7. The van der Waals surface area contributed by atoms with Crippen LogP contribution in [0.25, 0.3) is 11.1 Å². The molecule has 0 atom stereocenters. The van der Waals surface area contributed by atoms with Gasteiger partial charge in [0.1, 0.15) is 5.82 Å². The summed E-state index contributed by atoms with van der Waals surface area (Å²) in [5.74, 6) is -0.793. The summed E-state index contributed by atoms with van der Waals surface area (Å²) in [6, 6.07) is 9.50. The zero-order valence-corrected chi connectivity index (χ0v) is 10.7. The molecule has 19 heavy (non-hydrogen) atoms. The van der Waals surface area contributed by atoms with E-state index in [2.05, 4.69) is 0 Å². The van der Waals surface area contributed by atoms with E-state index in [1.165, 1.54) is 19.2 Å². The maximum atomic E-state index is 13.2. The highest BCUT2D eigenvalue weighted by molar-refractivity contribution is 5.94. The minimum atomic E-state index is -0.456. The van der Waals surface area contributed by atoms with Crippen LogP contribution >= 0.6 is 0 Å². The van der Waals surface area contributed by atoms with Gasteiger partial charge in [-0.3, -0.25) is 0 Å². The fraction of sp³-hybridized carbons (Fsp3) is 0.133. The lowest BCUT2D eigenvalue weighted by molar-refractivity contribution is 0.0600. The van der Waals surface area contributed by atoms with Crippen molar-refractivity contribution in [3.05, 3.63) is 53.3 Å². The molecule has 4 heteroatoms. The Morgan fingerprint density at radius 3 is 2.58 bits per heavy atom. The summed E-state index contributed by atoms with van der Waals surface area (Å²) in [7, 11) is 1.31. The summed E-state index contributed by atoms with van der Waals surface area (Å²) in [5.41, 5.74) is 8.76. The van der Waals surface area contributed by atoms with Crippen LogP contribution in [0.5, 0.6) is 0 Å². The van der Waals surface area contributed by atoms with E-state index in [1.54, 1.807) is 31.2 Å². The summed E-state index contributed by atoms with van der Waals surface area (Å²) in [6.07, 6.45) is 0. The highest BCUT2D eigenvalue weighted by Crippen LogP contribution is 2.27. The lowest BCUT2D eigenvalue weighted by Crippen LogP contribution is -2.06. The Bertz CT molecular complexity index is 638. The Morgan fingerprint density at radius 2 is 1.95 bits per heavy atom. The first-order valence-electron chi connectivity index (χ1n) is 5.77. The minimum Gasteiger partial charge on any atom is -0.465 e. The number of nitrogens with two attached hydrogens (primary N) is 1. The monoisotopic (exact) mass is 259 g/mol. The molecule has 0 unspecified atom stereocenters.